The molecule has 96 valence electrons. The van der Waals surface area contributed by atoms with Crippen molar-refractivity contribution in [3.8, 4) is 12.3 Å². The first kappa shape index (κ1) is 14.2. The van der Waals surface area contributed by atoms with Gasteiger partial charge in [-0.1, -0.05) is 0 Å². The molecule has 18 heavy (non-hydrogen) atoms. The standard InChI is InChI=1S/C12H11FO4S/c1-3-4-5-18(16,17)11-7-9(12(14)15)6-10(13)8(11)2/h1,6-7H,4-5H2,2H3,(H,14,15). The zero-order valence-electron chi connectivity index (χ0n) is 9.60. The van der Waals surface area contributed by atoms with Gasteiger partial charge in [0, 0.05) is 12.0 Å². The van der Waals surface area contributed by atoms with Gasteiger partial charge < -0.3 is 5.11 Å². The Hall–Kier alpha value is -1.87. The number of carboxylic acids is 1. The Morgan fingerprint density at radius 2 is 2.11 bits per heavy atom. The molecule has 1 N–H and O–H groups in total. The molecule has 0 fully saturated rings. The Balaban J connectivity index is 3.41. The van der Waals surface area contributed by atoms with Crippen LogP contribution in [0.3, 0.4) is 0 Å². The Bertz CT molecular complexity index is 626. The Morgan fingerprint density at radius 3 is 2.61 bits per heavy atom. The van der Waals surface area contributed by atoms with Gasteiger partial charge in [0.2, 0.25) is 0 Å². The van der Waals surface area contributed by atoms with Crippen molar-refractivity contribution in [2.45, 2.75) is 18.2 Å². The minimum Gasteiger partial charge on any atom is -0.478 e. The summed E-state index contributed by atoms with van der Waals surface area (Å²) in [7, 11) is -3.78. The molecule has 0 atom stereocenters. The van der Waals surface area contributed by atoms with Gasteiger partial charge in [-0.05, 0) is 19.1 Å². The van der Waals surface area contributed by atoms with E-state index in [1.165, 1.54) is 6.92 Å². The molecule has 4 nitrogen and oxygen atoms in total. The van der Waals surface area contributed by atoms with E-state index in [9.17, 15) is 17.6 Å². The van der Waals surface area contributed by atoms with E-state index in [1.807, 2.05) is 0 Å². The third-order valence-electron chi connectivity index (χ3n) is 2.39. The van der Waals surface area contributed by atoms with Crippen LogP contribution in [-0.4, -0.2) is 25.2 Å². The van der Waals surface area contributed by atoms with Crippen LogP contribution in [0.1, 0.15) is 22.3 Å². The normalized spacial score (nSPS) is 10.9. The lowest BCUT2D eigenvalue weighted by atomic mass is 10.1. The SMILES string of the molecule is C#CCCS(=O)(=O)c1cc(C(=O)O)cc(F)c1C. The molecule has 0 saturated carbocycles. The molecule has 0 aliphatic heterocycles. The van der Waals surface area contributed by atoms with Crippen LogP contribution in [0.2, 0.25) is 0 Å². The maximum atomic E-state index is 13.5. The van der Waals surface area contributed by atoms with Crippen LogP contribution < -0.4 is 0 Å². The molecule has 1 aromatic carbocycles. The number of benzene rings is 1. The molecule has 0 heterocycles. The fraction of sp³-hybridized carbons (Fsp3) is 0.250. The highest BCUT2D eigenvalue weighted by molar-refractivity contribution is 7.91. The minimum atomic E-state index is -3.78. The van der Waals surface area contributed by atoms with Gasteiger partial charge in [0.05, 0.1) is 16.2 Å². The first-order chi connectivity index (χ1) is 8.29. The molecule has 0 saturated heterocycles. The van der Waals surface area contributed by atoms with Crippen LogP contribution in [0.4, 0.5) is 4.39 Å². The van der Waals surface area contributed by atoms with E-state index in [0.29, 0.717) is 0 Å². The topological polar surface area (TPSA) is 71.4 Å². The summed E-state index contributed by atoms with van der Waals surface area (Å²) in [4.78, 5) is 10.4. The minimum absolute atomic E-state index is 0.0132. The zero-order chi connectivity index (χ0) is 13.9. The molecule has 1 aromatic rings. The highest BCUT2D eigenvalue weighted by Crippen LogP contribution is 2.22. The van der Waals surface area contributed by atoms with E-state index in [2.05, 4.69) is 5.92 Å². The molecule has 0 aliphatic rings. The summed E-state index contributed by atoms with van der Waals surface area (Å²) in [5, 5.41) is 8.77. The van der Waals surface area contributed by atoms with Gasteiger partial charge in [-0.25, -0.2) is 17.6 Å². The second kappa shape index (κ2) is 5.19. The number of hydrogen-bond acceptors (Lipinski definition) is 3. The van der Waals surface area contributed by atoms with Gasteiger partial charge in [0.15, 0.2) is 9.84 Å². The third kappa shape index (κ3) is 2.87. The van der Waals surface area contributed by atoms with Gasteiger partial charge in [-0.15, -0.1) is 12.3 Å². The molecule has 1 rings (SSSR count). The number of carbonyl (C=O) groups is 1. The lowest BCUT2D eigenvalue weighted by Crippen LogP contribution is -2.11. The van der Waals surface area contributed by atoms with Crippen LogP contribution in [-0.2, 0) is 9.84 Å². The molecule has 0 unspecified atom stereocenters. The zero-order valence-corrected chi connectivity index (χ0v) is 10.4. The summed E-state index contributed by atoms with van der Waals surface area (Å²) in [5.74, 6) is -0.418. The van der Waals surface area contributed by atoms with Gasteiger partial charge in [0.1, 0.15) is 5.82 Å². The smallest absolute Gasteiger partial charge is 0.335 e. The molecular formula is C12H11FO4S. The van der Waals surface area contributed by atoms with E-state index in [4.69, 9.17) is 11.5 Å². The van der Waals surface area contributed by atoms with Crippen molar-refractivity contribution in [3.63, 3.8) is 0 Å². The van der Waals surface area contributed by atoms with E-state index in [1.54, 1.807) is 0 Å². The van der Waals surface area contributed by atoms with Crippen LogP contribution in [0.5, 0.6) is 0 Å². The molecule has 0 amide bonds. The molecule has 0 radical (unpaired) electrons. The Morgan fingerprint density at radius 1 is 1.50 bits per heavy atom. The molecule has 0 spiro atoms. The van der Waals surface area contributed by atoms with Crippen LogP contribution in [0, 0.1) is 25.1 Å². The molecule has 0 aliphatic carbocycles. The van der Waals surface area contributed by atoms with E-state index >= 15 is 0 Å². The molecule has 0 bridgehead atoms. The maximum absolute atomic E-state index is 13.5. The lowest BCUT2D eigenvalue weighted by molar-refractivity contribution is 0.0696. The Labute approximate surface area is 104 Å². The summed E-state index contributed by atoms with van der Waals surface area (Å²) in [5.41, 5.74) is -0.505. The van der Waals surface area contributed by atoms with Crippen molar-refractivity contribution in [1.82, 2.24) is 0 Å². The fourth-order valence-corrected chi connectivity index (χ4v) is 2.88. The summed E-state index contributed by atoms with van der Waals surface area (Å²) >= 11 is 0. The first-order valence-corrected chi connectivity index (χ1v) is 6.64. The maximum Gasteiger partial charge on any atom is 0.335 e. The number of halogens is 1. The average molecular weight is 270 g/mol. The van der Waals surface area contributed by atoms with Gasteiger partial charge >= 0.3 is 5.97 Å². The summed E-state index contributed by atoms with van der Waals surface area (Å²) < 4.78 is 37.3. The van der Waals surface area contributed by atoms with Crippen molar-refractivity contribution in [2.24, 2.45) is 0 Å². The first-order valence-electron chi connectivity index (χ1n) is 4.99. The van der Waals surface area contributed by atoms with Crippen LogP contribution in [0.15, 0.2) is 17.0 Å². The largest absolute Gasteiger partial charge is 0.478 e. The summed E-state index contributed by atoms with van der Waals surface area (Å²) in [6.07, 6.45) is 4.96. The highest BCUT2D eigenvalue weighted by Gasteiger charge is 2.21. The quantitative estimate of drug-likeness (QED) is 0.844. The number of sulfone groups is 1. The Kier molecular flexibility index (Phi) is 4.09. The number of aromatic carboxylic acids is 1. The number of carboxylic acid groups (broad SMARTS) is 1. The highest BCUT2D eigenvalue weighted by atomic mass is 32.2. The second-order valence-corrected chi connectivity index (χ2v) is 5.74. The van der Waals surface area contributed by atoms with Crippen molar-refractivity contribution in [2.75, 3.05) is 5.75 Å². The number of rotatable bonds is 4. The van der Waals surface area contributed by atoms with Crippen molar-refractivity contribution in [1.29, 1.82) is 0 Å². The van der Waals surface area contributed by atoms with Gasteiger partial charge in [-0.3, -0.25) is 0 Å². The van der Waals surface area contributed by atoms with Gasteiger partial charge in [-0.2, -0.15) is 0 Å². The molecule has 0 aromatic heterocycles. The predicted molar refractivity (Wildman–Crippen MR) is 63.6 cm³/mol. The average Bonchev–Trinajstić information content (AvgIpc) is 2.29. The second-order valence-electron chi connectivity index (χ2n) is 3.66. The summed E-state index contributed by atoms with van der Waals surface area (Å²) in [6.45, 7) is 1.28. The predicted octanol–water partition coefficient (Wildman–Crippen LogP) is 1.63. The molecule has 6 heteroatoms. The lowest BCUT2D eigenvalue weighted by Gasteiger charge is -2.08. The number of hydrogen-bond donors (Lipinski definition) is 1. The van der Waals surface area contributed by atoms with E-state index < -0.39 is 27.2 Å². The molecular weight excluding hydrogens is 259 g/mol. The van der Waals surface area contributed by atoms with Crippen molar-refractivity contribution < 1.29 is 22.7 Å². The number of terminal acetylenes is 1. The fourth-order valence-electron chi connectivity index (χ4n) is 1.40. The van der Waals surface area contributed by atoms with Crippen molar-refractivity contribution >= 4 is 15.8 Å². The van der Waals surface area contributed by atoms with Crippen LogP contribution in [0.25, 0.3) is 0 Å². The van der Waals surface area contributed by atoms with Crippen LogP contribution >= 0.6 is 0 Å². The monoisotopic (exact) mass is 270 g/mol. The van der Waals surface area contributed by atoms with E-state index in [0.717, 1.165) is 12.1 Å². The van der Waals surface area contributed by atoms with Crippen molar-refractivity contribution in [3.05, 3.63) is 29.1 Å². The van der Waals surface area contributed by atoms with E-state index in [-0.39, 0.29) is 22.6 Å². The third-order valence-corrected chi connectivity index (χ3v) is 4.23. The summed E-state index contributed by atoms with van der Waals surface area (Å²) in [6, 6.07) is 1.74. The van der Waals surface area contributed by atoms with Gasteiger partial charge in [0.25, 0.3) is 0 Å².